The third kappa shape index (κ3) is 3.44. The Balaban J connectivity index is 2.57. The first-order valence-electron chi connectivity index (χ1n) is 7.54. The molecule has 1 aromatic carbocycles. The van der Waals surface area contributed by atoms with Crippen LogP contribution in [0.25, 0.3) is 0 Å². The molecular formula is C18H18Cl3NO2. The van der Waals surface area contributed by atoms with Crippen LogP contribution in [-0.2, 0) is 4.79 Å². The van der Waals surface area contributed by atoms with Crippen molar-refractivity contribution in [1.29, 1.82) is 0 Å². The van der Waals surface area contributed by atoms with Gasteiger partial charge in [-0.1, -0.05) is 43.1 Å². The minimum Gasteiger partial charge on any atom is -0.291 e. The Bertz CT molecular complexity index is 746. The average Bonchev–Trinajstić information content (AvgIpc) is 2.51. The van der Waals surface area contributed by atoms with Crippen LogP contribution in [0.4, 0.5) is 0 Å². The lowest BCUT2D eigenvalue weighted by molar-refractivity contribution is -0.117. The van der Waals surface area contributed by atoms with Gasteiger partial charge in [0.05, 0.1) is 10.7 Å². The number of halogens is 3. The van der Waals surface area contributed by atoms with Crippen LogP contribution in [0, 0.1) is 12.8 Å². The molecule has 1 amide bonds. The molecule has 0 aromatic heterocycles. The van der Waals surface area contributed by atoms with Crippen molar-refractivity contribution >= 4 is 52.2 Å². The summed E-state index contributed by atoms with van der Waals surface area (Å²) < 4.78 is 0. The van der Waals surface area contributed by atoms with Crippen LogP contribution in [0.2, 0.25) is 0 Å². The van der Waals surface area contributed by atoms with Crippen molar-refractivity contribution in [2.75, 3.05) is 0 Å². The van der Waals surface area contributed by atoms with Gasteiger partial charge in [0.15, 0.2) is 5.78 Å². The Morgan fingerprint density at radius 2 is 1.79 bits per heavy atom. The summed E-state index contributed by atoms with van der Waals surface area (Å²) in [5.41, 5.74) is 2.21. The molecule has 3 nitrogen and oxygen atoms in total. The first-order valence-corrected chi connectivity index (χ1v) is 8.74. The second-order valence-electron chi connectivity index (χ2n) is 6.32. The van der Waals surface area contributed by atoms with Crippen LogP contribution >= 0.6 is 34.8 Å². The van der Waals surface area contributed by atoms with Gasteiger partial charge in [0.25, 0.3) is 5.91 Å². The van der Waals surface area contributed by atoms with Crippen LogP contribution in [0.3, 0.4) is 0 Å². The molecule has 0 fully saturated rings. The van der Waals surface area contributed by atoms with E-state index in [1.165, 1.54) is 6.92 Å². The van der Waals surface area contributed by atoms with E-state index in [1.54, 1.807) is 12.1 Å². The number of carbonyl (C=O) groups is 2. The largest absolute Gasteiger partial charge is 0.291 e. The zero-order valence-electron chi connectivity index (χ0n) is 13.9. The van der Waals surface area contributed by atoms with E-state index in [-0.39, 0.29) is 16.7 Å². The molecule has 0 saturated carbocycles. The Labute approximate surface area is 156 Å². The number of aryl methyl sites for hydroxylation is 1. The fraction of sp³-hybridized carbons (Fsp3) is 0.389. The van der Waals surface area contributed by atoms with Crippen molar-refractivity contribution in [3.8, 4) is 0 Å². The molecule has 6 heteroatoms. The second-order valence-corrected chi connectivity index (χ2v) is 7.92. The number of rotatable bonds is 2. The Morgan fingerprint density at radius 3 is 2.29 bits per heavy atom. The molecule has 0 bridgehead atoms. The van der Waals surface area contributed by atoms with Gasteiger partial charge in [-0.25, -0.2) is 4.99 Å². The molecule has 1 aromatic rings. The minimum absolute atomic E-state index is 0.00476. The Kier molecular flexibility index (Phi) is 5.58. The van der Waals surface area contributed by atoms with Gasteiger partial charge in [0.2, 0.25) is 0 Å². The molecule has 1 aliphatic carbocycles. The summed E-state index contributed by atoms with van der Waals surface area (Å²) in [6, 6.07) is 7.04. The predicted octanol–water partition coefficient (Wildman–Crippen LogP) is 4.91. The standard InChI is InChI=1S/C18H18Cl3NO2/c1-9(2)12-13(19)16(23)18(4,21)15(20)14(12)22-17(24)11-7-5-10(3)6-8-11/h5-9,15H,1-4H3/t15-,18-/m0/s1. The highest BCUT2D eigenvalue weighted by Crippen LogP contribution is 2.40. The van der Waals surface area contributed by atoms with E-state index in [0.717, 1.165) is 5.56 Å². The molecule has 0 aliphatic heterocycles. The summed E-state index contributed by atoms with van der Waals surface area (Å²) in [7, 11) is 0. The topological polar surface area (TPSA) is 46.5 Å². The SMILES string of the molecule is Cc1ccc(C(=O)N=C2C(C(C)C)=C(Cl)C(=O)[C@@](C)(Cl)[C@H]2Cl)cc1. The number of allylic oxidation sites excluding steroid dienone is 2. The van der Waals surface area contributed by atoms with E-state index in [0.29, 0.717) is 11.1 Å². The Hall–Kier alpha value is -1.16. The van der Waals surface area contributed by atoms with Crippen molar-refractivity contribution in [3.05, 3.63) is 46.0 Å². The van der Waals surface area contributed by atoms with Crippen molar-refractivity contribution < 1.29 is 9.59 Å². The highest BCUT2D eigenvalue weighted by Gasteiger charge is 2.49. The molecule has 0 saturated heterocycles. The normalized spacial score (nSPS) is 26.4. The van der Waals surface area contributed by atoms with Crippen LogP contribution in [0.5, 0.6) is 0 Å². The maximum Gasteiger partial charge on any atom is 0.277 e. The van der Waals surface area contributed by atoms with E-state index < -0.39 is 21.9 Å². The number of ketones is 1. The molecule has 2 atom stereocenters. The number of hydrogen-bond acceptors (Lipinski definition) is 2. The number of carbonyl (C=O) groups excluding carboxylic acids is 2. The van der Waals surface area contributed by atoms with Crippen molar-refractivity contribution in [2.24, 2.45) is 10.9 Å². The van der Waals surface area contributed by atoms with Gasteiger partial charge < -0.3 is 0 Å². The lowest BCUT2D eigenvalue weighted by atomic mass is 9.82. The predicted molar refractivity (Wildman–Crippen MR) is 99.6 cm³/mol. The highest BCUT2D eigenvalue weighted by molar-refractivity contribution is 6.59. The number of alkyl halides is 2. The monoisotopic (exact) mass is 385 g/mol. The molecule has 2 rings (SSSR count). The zero-order chi connectivity index (χ0) is 18.2. The maximum absolute atomic E-state index is 12.5. The number of benzene rings is 1. The quantitative estimate of drug-likeness (QED) is 0.678. The molecule has 1 aliphatic rings. The minimum atomic E-state index is -1.44. The molecule has 128 valence electrons. The fourth-order valence-corrected chi connectivity index (χ4v) is 3.52. The van der Waals surface area contributed by atoms with E-state index in [1.807, 2.05) is 32.9 Å². The van der Waals surface area contributed by atoms with Gasteiger partial charge in [-0.2, -0.15) is 0 Å². The molecule has 0 spiro atoms. The van der Waals surface area contributed by atoms with Crippen LogP contribution in [0.1, 0.15) is 36.7 Å². The number of nitrogens with zero attached hydrogens (tertiary/aromatic N) is 1. The Morgan fingerprint density at radius 1 is 1.25 bits per heavy atom. The lowest BCUT2D eigenvalue weighted by Gasteiger charge is -2.34. The van der Waals surface area contributed by atoms with Crippen LogP contribution in [-0.4, -0.2) is 27.7 Å². The van der Waals surface area contributed by atoms with Gasteiger partial charge >= 0.3 is 0 Å². The molecule has 24 heavy (non-hydrogen) atoms. The molecule has 0 unspecified atom stereocenters. The molecule has 0 heterocycles. The lowest BCUT2D eigenvalue weighted by Crippen LogP contribution is -2.49. The fourth-order valence-electron chi connectivity index (χ4n) is 2.49. The zero-order valence-corrected chi connectivity index (χ0v) is 16.1. The summed E-state index contributed by atoms with van der Waals surface area (Å²) in [5, 5.41) is -0.948. The van der Waals surface area contributed by atoms with E-state index in [9.17, 15) is 9.59 Å². The maximum atomic E-state index is 12.5. The number of aliphatic imine (C=N–C) groups is 1. The third-order valence-electron chi connectivity index (χ3n) is 3.97. The number of hydrogen-bond donors (Lipinski definition) is 0. The first-order chi connectivity index (χ1) is 11.1. The van der Waals surface area contributed by atoms with Gasteiger partial charge in [0.1, 0.15) is 10.3 Å². The van der Waals surface area contributed by atoms with Gasteiger partial charge in [0, 0.05) is 11.1 Å². The summed E-state index contributed by atoms with van der Waals surface area (Å²) in [4.78, 5) is 27.6. The van der Waals surface area contributed by atoms with Gasteiger partial charge in [-0.15, -0.1) is 23.2 Å². The van der Waals surface area contributed by atoms with Gasteiger partial charge in [-0.05, 0) is 31.9 Å². The number of amides is 1. The smallest absolute Gasteiger partial charge is 0.277 e. The summed E-state index contributed by atoms with van der Waals surface area (Å²) in [5.74, 6) is -1.02. The van der Waals surface area contributed by atoms with Crippen molar-refractivity contribution in [3.63, 3.8) is 0 Å². The summed E-state index contributed by atoms with van der Waals surface area (Å²) in [6.45, 7) is 7.13. The second kappa shape index (κ2) is 6.99. The summed E-state index contributed by atoms with van der Waals surface area (Å²) >= 11 is 18.9. The molecule has 0 radical (unpaired) electrons. The first kappa shape index (κ1) is 19.2. The van der Waals surface area contributed by atoms with Crippen LogP contribution in [0.15, 0.2) is 39.9 Å². The van der Waals surface area contributed by atoms with E-state index in [2.05, 4.69) is 4.99 Å². The highest BCUT2D eigenvalue weighted by atomic mass is 35.5. The van der Waals surface area contributed by atoms with E-state index >= 15 is 0 Å². The van der Waals surface area contributed by atoms with Gasteiger partial charge in [-0.3, -0.25) is 9.59 Å². The van der Waals surface area contributed by atoms with E-state index in [4.69, 9.17) is 34.8 Å². The van der Waals surface area contributed by atoms with Crippen molar-refractivity contribution in [1.82, 2.24) is 0 Å². The molecule has 0 N–H and O–H groups in total. The molecular weight excluding hydrogens is 369 g/mol. The van der Waals surface area contributed by atoms with Crippen molar-refractivity contribution in [2.45, 2.75) is 37.9 Å². The average molecular weight is 387 g/mol. The summed E-state index contributed by atoms with van der Waals surface area (Å²) in [6.07, 6.45) is 0. The third-order valence-corrected chi connectivity index (χ3v) is 5.49. The van der Waals surface area contributed by atoms with Crippen LogP contribution < -0.4 is 0 Å². The number of Topliss-reactive ketones (excluding diaryl/α,β-unsaturated/α-hetero) is 1.